The van der Waals surface area contributed by atoms with E-state index in [0.717, 1.165) is 50.3 Å². The molecule has 1 N–H and O–H groups in total. The Hall–Kier alpha value is -1.66. The lowest BCUT2D eigenvalue weighted by atomic mass is 9.64. The van der Waals surface area contributed by atoms with Crippen LogP contribution >= 0.6 is 0 Å². The molecule has 4 saturated carbocycles. The number of aliphatic hydroxyl groups excluding tert-OH is 1. The molecule has 11 rings (SSSR count). The highest BCUT2D eigenvalue weighted by Crippen LogP contribution is 2.47. The second-order valence-corrected chi connectivity index (χ2v) is 40.1. The highest BCUT2D eigenvalue weighted by Gasteiger charge is 2.51. The van der Waals surface area contributed by atoms with Crippen LogP contribution in [0, 0.1) is 55.2 Å². The quantitative estimate of drug-likeness (QED) is 0.0705. The molecule has 1 aromatic carbocycles. The van der Waals surface area contributed by atoms with Gasteiger partial charge in [-0.1, -0.05) is 569 Å². The van der Waals surface area contributed by atoms with Crippen molar-refractivity contribution >= 4 is 0 Å². The van der Waals surface area contributed by atoms with Gasteiger partial charge in [0.2, 0.25) is 0 Å². The molecule has 6 heterocycles. The van der Waals surface area contributed by atoms with Crippen molar-refractivity contribution < 1.29 is 46.2 Å². The fourth-order valence-electron chi connectivity index (χ4n) is 11.2. The zero-order chi connectivity index (χ0) is 102. The van der Waals surface area contributed by atoms with Gasteiger partial charge in [0.05, 0.1) is 81.9 Å². The number of ether oxygens (including phenoxy) is 6. The lowest BCUT2D eigenvalue weighted by Gasteiger charge is -2.50. The van der Waals surface area contributed by atoms with Crippen molar-refractivity contribution in [2.24, 2.45) is 55.2 Å². The Kier molecular flexibility index (Phi) is 163. The van der Waals surface area contributed by atoms with Gasteiger partial charge in [0.1, 0.15) is 6.61 Å². The second kappa shape index (κ2) is 118. The van der Waals surface area contributed by atoms with Gasteiger partial charge in [-0.15, -0.1) is 6.58 Å². The van der Waals surface area contributed by atoms with Crippen molar-refractivity contribution in [1.82, 2.24) is 0 Å². The van der Waals surface area contributed by atoms with E-state index < -0.39 is 0 Å². The van der Waals surface area contributed by atoms with Crippen LogP contribution in [0.4, 0.5) is 0 Å². The van der Waals surface area contributed by atoms with Crippen molar-refractivity contribution in [1.29, 1.82) is 0 Å². The fraction of sp³-hybridized carbons (Fsp3) is 0.920. The zero-order valence-corrected chi connectivity index (χ0v) is 97.6. The molecule has 6 saturated heterocycles. The minimum Gasteiger partial charge on any atom is -0.396 e. The minimum absolute atomic E-state index is 0. The molecular formula is C125H286O9. The van der Waals surface area contributed by atoms with Crippen LogP contribution in [0.2, 0.25) is 0 Å². The Morgan fingerprint density at radius 2 is 0.724 bits per heavy atom. The average molecular weight is 1930 g/mol. The number of hydrogen-bond acceptors (Lipinski definition) is 9. The summed E-state index contributed by atoms with van der Waals surface area (Å²) in [7, 11) is 1.48. The predicted molar refractivity (Wildman–Crippen MR) is 637 cm³/mol. The van der Waals surface area contributed by atoms with E-state index in [9.17, 15) is 0 Å². The first-order chi connectivity index (χ1) is 59.1. The predicted octanol–water partition coefficient (Wildman–Crippen LogP) is 45.4. The maximum atomic E-state index is 9.05. The molecular weight excluding hydrogens is 1650 g/mol. The Morgan fingerprint density at radius 1 is 0.448 bits per heavy atom. The van der Waals surface area contributed by atoms with Gasteiger partial charge in [-0.05, 0) is 146 Å². The number of epoxide rings is 5. The largest absolute Gasteiger partial charge is 0.396 e. The van der Waals surface area contributed by atoms with Crippen LogP contribution in [-0.4, -0.2) is 100 Å². The Balaban J connectivity index is -0.0000000474. The summed E-state index contributed by atoms with van der Waals surface area (Å²) in [5.74, 6) is 2.76. The third-order valence-electron chi connectivity index (χ3n) is 23.9. The van der Waals surface area contributed by atoms with Gasteiger partial charge in [-0.2, -0.15) is 0 Å². The first kappa shape index (κ1) is 184. The highest BCUT2D eigenvalue weighted by atomic mass is 17.2. The molecule has 0 amide bonds. The van der Waals surface area contributed by atoms with Crippen molar-refractivity contribution in [3.8, 4) is 0 Å². The first-order valence-electron chi connectivity index (χ1n) is 54.0. The van der Waals surface area contributed by atoms with Crippen LogP contribution in [0.25, 0.3) is 0 Å². The molecule has 6 aliphatic heterocycles. The SMILES string of the molecule is C.C.C.C.C.C.C.C.C1CCC2OC2C1.C1CCC2OC2C1.C1CCC2OC2C1.C=C(C)COOC.C=CC(C)(C)CC.CC.CC.CC.CC.CC.CC.CC.CC.CC1CO1.CCC.CCC.CCC.CCC(C)(C)C.CCC(C)(C)C.CCC(C)(C)C1(C)CO1.CCC(C)(C)C1(C)COC1.CCC(C)(C)CC(C)(C)CO.CCC(C)C1CCCCC1.CCC(C)c1ccccc1.[HH].[HH]. The first-order valence-corrected chi connectivity index (χ1v) is 54.0. The molecule has 9 heteroatoms. The van der Waals surface area contributed by atoms with Gasteiger partial charge >= 0.3 is 0 Å². The summed E-state index contributed by atoms with van der Waals surface area (Å²) in [5, 5.41) is 9.05. The van der Waals surface area contributed by atoms with E-state index >= 15 is 0 Å². The van der Waals surface area contributed by atoms with E-state index in [1.165, 1.54) is 192 Å². The summed E-state index contributed by atoms with van der Waals surface area (Å²) in [6, 6.07) is 10.6. The van der Waals surface area contributed by atoms with E-state index in [2.05, 4.69) is 296 Å². The molecule has 0 aromatic heterocycles. The van der Waals surface area contributed by atoms with Crippen LogP contribution in [0.15, 0.2) is 55.1 Å². The Bertz CT molecular complexity index is 2090. The van der Waals surface area contributed by atoms with Gasteiger partial charge in [-0.3, -0.25) is 0 Å². The topological polar surface area (TPSA) is 111 Å². The lowest BCUT2D eigenvalue weighted by Crippen LogP contribution is -2.50. The summed E-state index contributed by atoms with van der Waals surface area (Å²) in [5.41, 5.74) is 5.75. The third kappa shape index (κ3) is 123. The number of fused-ring (bicyclic) bond motifs is 3. The van der Waals surface area contributed by atoms with Crippen molar-refractivity contribution in [2.75, 3.05) is 46.8 Å². The summed E-state index contributed by atoms with van der Waals surface area (Å²) < 4.78 is 31.1. The minimum atomic E-state index is 0. The molecule has 4 aliphatic carbocycles. The number of allylic oxidation sites excluding steroid dienone is 1. The summed E-state index contributed by atoms with van der Waals surface area (Å²) >= 11 is 0. The fourth-order valence-corrected chi connectivity index (χ4v) is 11.2. The van der Waals surface area contributed by atoms with Crippen LogP contribution in [0.5, 0.6) is 0 Å². The van der Waals surface area contributed by atoms with E-state index in [4.69, 9.17) is 33.5 Å². The van der Waals surface area contributed by atoms with E-state index in [0.29, 0.717) is 93.2 Å². The highest BCUT2D eigenvalue weighted by molar-refractivity contribution is 5.18. The Labute approximate surface area is 863 Å². The molecule has 9 nitrogen and oxygen atoms in total. The molecule has 0 bridgehead atoms. The average Bonchev–Trinajstić information content (AvgIpc) is 1.69. The van der Waals surface area contributed by atoms with Crippen molar-refractivity contribution in [2.45, 2.75) is 660 Å². The molecule has 0 radical (unpaired) electrons. The van der Waals surface area contributed by atoms with Gasteiger partial charge < -0.3 is 33.5 Å². The lowest BCUT2D eigenvalue weighted by molar-refractivity contribution is -0.265. The molecule has 1 aromatic rings. The maximum Gasteiger partial charge on any atom is 0.103 e. The van der Waals surface area contributed by atoms with Crippen LogP contribution < -0.4 is 0 Å². The van der Waals surface area contributed by atoms with Gasteiger partial charge in [0.25, 0.3) is 0 Å². The van der Waals surface area contributed by atoms with Crippen molar-refractivity contribution in [3.63, 3.8) is 0 Å². The summed E-state index contributed by atoms with van der Waals surface area (Å²) in [4.78, 5) is 8.79. The third-order valence-corrected chi connectivity index (χ3v) is 23.9. The van der Waals surface area contributed by atoms with Crippen LogP contribution in [-0.2, 0) is 38.2 Å². The number of rotatable bonds is 17. The van der Waals surface area contributed by atoms with Gasteiger partial charge in [-0.25, -0.2) is 9.78 Å². The maximum absolute atomic E-state index is 9.05. The molecule has 134 heavy (non-hydrogen) atoms. The Morgan fingerprint density at radius 3 is 0.866 bits per heavy atom. The standard InChI is InChI=1S/C10H22O.C10H20.C10H14.C9H18O.C8H16O.C7H14.3C6H10O.2C6H14.C5H10O2.C3H6O.3C3H8.8C2H6.8CH4.2H2/c1-6-9(2,3)7-10(4,5)8-11;2*1-3-9(2)10-7-5-4-6-8-10;1-5-8(2,3)9(4)6-10-7-9;1-5-7(2,3)8(4)6-9-8;1-5-7(3,4)6-2;3*1-2-4-6-5(3-1)7-6;2*1-5-6(2,3)4;1-5(2)4-7-6-3;1-3-2-4-3;3*1-3-2;8*1-2;;;;;;;;;;/h11H,6-8H2,1-5H3;9-10H,3-8H2,1-2H3;4-9H,3H2,1-2H3;5-7H2,1-4H3;5-6H2,1-4H3;5H,1,6H2,2-4H3;3*5-6H,1-4H2;2*5H2,1-4H3;1,4H2,2-3H3;3H,2H2,1H3;3*3H2,1-2H3;8*1-2H3;8*1H4;2*1H. The molecule has 10 fully saturated rings. The molecule has 10 unspecified atom stereocenters. The molecule has 0 spiro atoms. The molecule has 10 atom stereocenters. The number of aliphatic hydroxyl groups is 1. The van der Waals surface area contributed by atoms with E-state index in [1.807, 2.05) is 124 Å². The van der Waals surface area contributed by atoms with Crippen LogP contribution in [0.1, 0.15) is 620 Å². The summed E-state index contributed by atoms with van der Waals surface area (Å²) in [6.07, 6.45) is 45.5. The van der Waals surface area contributed by atoms with Gasteiger partial charge in [0, 0.05) is 14.9 Å². The molecule has 10 aliphatic rings. The van der Waals surface area contributed by atoms with Crippen LogP contribution in [0.3, 0.4) is 0 Å². The van der Waals surface area contributed by atoms with E-state index in [1.54, 1.807) is 0 Å². The molecule has 840 valence electrons. The van der Waals surface area contributed by atoms with Crippen molar-refractivity contribution in [3.05, 3.63) is 60.7 Å². The smallest absolute Gasteiger partial charge is 0.103 e. The summed E-state index contributed by atoms with van der Waals surface area (Å²) in [6.45, 7) is 123. The van der Waals surface area contributed by atoms with Gasteiger partial charge in [0.15, 0.2) is 0 Å². The normalized spacial score (nSPS) is 19.6. The second-order valence-electron chi connectivity index (χ2n) is 40.1. The monoisotopic (exact) mass is 1930 g/mol. The number of benzene rings is 1. The number of hydrogen-bond donors (Lipinski definition) is 1. The van der Waals surface area contributed by atoms with E-state index in [-0.39, 0.29) is 79.9 Å². The zero-order valence-electron chi connectivity index (χ0n) is 97.6.